The minimum absolute atomic E-state index is 0.145. The van der Waals surface area contributed by atoms with E-state index < -0.39 is 17.1 Å². The molecule has 0 saturated heterocycles. The molecule has 0 aromatic carbocycles. The molecule has 0 aliphatic rings. The number of esters is 1. The Kier molecular flexibility index (Phi) is 3.53. The fourth-order valence-corrected chi connectivity index (χ4v) is 0.787. The van der Waals surface area contributed by atoms with Gasteiger partial charge in [0.25, 0.3) is 0 Å². The van der Waals surface area contributed by atoms with Crippen molar-refractivity contribution in [3.63, 3.8) is 0 Å². The first kappa shape index (κ1) is 10.6. The third-order valence-electron chi connectivity index (χ3n) is 1.35. The molecule has 0 fully saturated rings. The van der Waals surface area contributed by atoms with Gasteiger partial charge in [0, 0.05) is 6.07 Å². The Morgan fingerprint density at radius 1 is 1.64 bits per heavy atom. The van der Waals surface area contributed by atoms with Crippen molar-refractivity contribution in [2.75, 3.05) is 5.88 Å². The second-order valence-electron chi connectivity index (χ2n) is 2.39. The summed E-state index contributed by atoms with van der Waals surface area (Å²) in [4.78, 5) is 21.5. The zero-order chi connectivity index (χ0) is 10.6. The summed E-state index contributed by atoms with van der Waals surface area (Å²) < 4.78 is 9.35. The van der Waals surface area contributed by atoms with Gasteiger partial charge in [-0.15, -0.1) is 11.6 Å². The van der Waals surface area contributed by atoms with Gasteiger partial charge < -0.3 is 14.3 Å². The highest BCUT2D eigenvalue weighted by Crippen LogP contribution is 2.04. The Balaban J connectivity index is 2.65. The summed E-state index contributed by atoms with van der Waals surface area (Å²) in [5, 5.41) is 8.83. The van der Waals surface area contributed by atoms with Crippen molar-refractivity contribution in [2.24, 2.45) is 0 Å². The molecule has 0 radical (unpaired) electrons. The number of hydrogen-bond acceptors (Lipinski definition) is 5. The lowest BCUT2D eigenvalue weighted by atomic mass is 10.4. The van der Waals surface area contributed by atoms with E-state index in [1.807, 2.05) is 0 Å². The zero-order valence-electron chi connectivity index (χ0n) is 7.03. The van der Waals surface area contributed by atoms with Gasteiger partial charge in [-0.3, -0.25) is 9.59 Å². The fraction of sp³-hybridized carbons (Fsp3) is 0.250. The van der Waals surface area contributed by atoms with Crippen LogP contribution >= 0.6 is 11.6 Å². The summed E-state index contributed by atoms with van der Waals surface area (Å²) >= 11 is 5.17. The lowest BCUT2D eigenvalue weighted by Gasteiger charge is -2.01. The van der Waals surface area contributed by atoms with E-state index in [4.69, 9.17) is 21.1 Å². The van der Waals surface area contributed by atoms with E-state index in [2.05, 4.69) is 4.74 Å². The van der Waals surface area contributed by atoms with Crippen molar-refractivity contribution in [1.29, 1.82) is 0 Å². The molecule has 0 aliphatic heterocycles. The summed E-state index contributed by atoms with van der Waals surface area (Å²) in [6.07, 6.45) is 0.881. The Morgan fingerprint density at radius 2 is 2.36 bits per heavy atom. The molecule has 0 spiro atoms. The van der Waals surface area contributed by atoms with Gasteiger partial charge in [0.05, 0.1) is 0 Å². The van der Waals surface area contributed by atoms with Crippen molar-refractivity contribution in [1.82, 2.24) is 0 Å². The van der Waals surface area contributed by atoms with Crippen molar-refractivity contribution in [3.05, 3.63) is 28.3 Å². The van der Waals surface area contributed by atoms with E-state index in [9.17, 15) is 9.59 Å². The molecule has 0 aliphatic carbocycles. The summed E-state index contributed by atoms with van der Waals surface area (Å²) in [5.74, 6) is -1.21. The molecular weight excluding hydrogens is 212 g/mol. The molecule has 5 nitrogen and oxygen atoms in total. The molecule has 0 unspecified atom stereocenters. The van der Waals surface area contributed by atoms with Crippen LogP contribution in [0, 0.1) is 0 Å². The van der Waals surface area contributed by atoms with Gasteiger partial charge in [-0.05, 0) is 0 Å². The van der Waals surface area contributed by atoms with Crippen LogP contribution in [0.3, 0.4) is 0 Å². The number of alkyl halides is 1. The van der Waals surface area contributed by atoms with Crippen LogP contribution in [0.1, 0.15) is 5.76 Å². The van der Waals surface area contributed by atoms with E-state index in [0.29, 0.717) is 0 Å². The second-order valence-corrected chi connectivity index (χ2v) is 2.66. The van der Waals surface area contributed by atoms with E-state index in [1.165, 1.54) is 0 Å². The van der Waals surface area contributed by atoms with Crippen LogP contribution in [0.5, 0.6) is 5.75 Å². The molecule has 0 saturated carbocycles. The molecular formula is C8H7ClO5. The van der Waals surface area contributed by atoms with Crippen LogP contribution in [0.4, 0.5) is 0 Å². The number of carbonyl (C=O) groups is 1. The molecule has 76 valence electrons. The summed E-state index contributed by atoms with van der Waals surface area (Å²) in [6, 6.07) is 1.04. The van der Waals surface area contributed by atoms with Crippen molar-refractivity contribution in [2.45, 2.75) is 6.61 Å². The minimum atomic E-state index is -0.609. The van der Waals surface area contributed by atoms with Gasteiger partial charge in [-0.1, -0.05) is 0 Å². The quantitative estimate of drug-likeness (QED) is 0.595. The van der Waals surface area contributed by atoms with Gasteiger partial charge in [-0.25, -0.2) is 0 Å². The zero-order valence-corrected chi connectivity index (χ0v) is 7.78. The first-order valence-corrected chi connectivity index (χ1v) is 4.19. The Labute approximate surface area is 83.9 Å². The molecule has 0 bridgehead atoms. The molecule has 0 amide bonds. The molecule has 1 aromatic heterocycles. The van der Waals surface area contributed by atoms with E-state index in [0.717, 1.165) is 12.3 Å². The standard InChI is InChI=1S/C8H7ClO5/c9-2-8(12)14-3-5-1-6(10)7(11)4-13-5/h1,4,11H,2-3H2. The van der Waals surface area contributed by atoms with Crippen LogP contribution < -0.4 is 5.43 Å². The number of hydrogen-bond donors (Lipinski definition) is 1. The lowest BCUT2D eigenvalue weighted by Crippen LogP contribution is -2.07. The Morgan fingerprint density at radius 3 is 2.93 bits per heavy atom. The largest absolute Gasteiger partial charge is 0.502 e. The van der Waals surface area contributed by atoms with Crippen LogP contribution in [-0.2, 0) is 16.1 Å². The maximum absolute atomic E-state index is 10.9. The minimum Gasteiger partial charge on any atom is -0.502 e. The first-order chi connectivity index (χ1) is 6.63. The van der Waals surface area contributed by atoms with Crippen molar-refractivity contribution < 1.29 is 19.1 Å². The highest BCUT2D eigenvalue weighted by atomic mass is 35.5. The average molecular weight is 219 g/mol. The van der Waals surface area contributed by atoms with Crippen molar-refractivity contribution in [3.8, 4) is 5.75 Å². The van der Waals surface area contributed by atoms with Crippen LogP contribution in [-0.4, -0.2) is 17.0 Å². The van der Waals surface area contributed by atoms with Gasteiger partial charge in [0.2, 0.25) is 5.43 Å². The van der Waals surface area contributed by atoms with E-state index in [-0.39, 0.29) is 18.2 Å². The molecule has 14 heavy (non-hydrogen) atoms. The third kappa shape index (κ3) is 2.77. The first-order valence-electron chi connectivity index (χ1n) is 3.65. The van der Waals surface area contributed by atoms with Gasteiger partial charge >= 0.3 is 5.97 Å². The molecule has 6 heteroatoms. The third-order valence-corrected chi connectivity index (χ3v) is 1.57. The average Bonchev–Trinajstić information content (AvgIpc) is 2.19. The summed E-state index contributed by atoms with van der Waals surface area (Å²) in [7, 11) is 0. The number of carbonyl (C=O) groups excluding carboxylic acids is 1. The van der Waals surface area contributed by atoms with E-state index in [1.54, 1.807) is 0 Å². The maximum Gasteiger partial charge on any atom is 0.321 e. The van der Waals surface area contributed by atoms with E-state index >= 15 is 0 Å². The number of ether oxygens (including phenoxy) is 1. The topological polar surface area (TPSA) is 76.7 Å². The predicted molar refractivity (Wildman–Crippen MR) is 47.2 cm³/mol. The maximum atomic E-state index is 10.9. The summed E-state index contributed by atoms with van der Waals surface area (Å²) in [5.41, 5.74) is -0.590. The molecule has 1 heterocycles. The molecule has 1 aromatic rings. The smallest absolute Gasteiger partial charge is 0.321 e. The molecule has 1 rings (SSSR count). The monoisotopic (exact) mass is 218 g/mol. The number of rotatable bonds is 3. The predicted octanol–water partition coefficient (Wildman–Crippen LogP) is 0.627. The second kappa shape index (κ2) is 4.66. The highest BCUT2D eigenvalue weighted by Gasteiger charge is 2.04. The number of halogens is 1. The lowest BCUT2D eigenvalue weighted by molar-refractivity contribution is -0.142. The van der Waals surface area contributed by atoms with Crippen LogP contribution in [0.15, 0.2) is 21.5 Å². The Hall–Kier alpha value is -1.49. The van der Waals surface area contributed by atoms with Gasteiger partial charge in [0.1, 0.15) is 24.5 Å². The molecule has 1 N–H and O–H groups in total. The Bertz CT molecular complexity index is 384. The highest BCUT2D eigenvalue weighted by molar-refractivity contribution is 6.26. The van der Waals surface area contributed by atoms with Gasteiger partial charge in [-0.2, -0.15) is 0 Å². The van der Waals surface area contributed by atoms with Crippen LogP contribution in [0.25, 0.3) is 0 Å². The molecule has 0 atom stereocenters. The normalized spacial score (nSPS) is 9.79. The summed E-state index contributed by atoms with van der Waals surface area (Å²) in [6.45, 7) is -0.179. The SMILES string of the molecule is O=C(CCl)OCc1cc(=O)c(O)co1. The van der Waals surface area contributed by atoms with Crippen LogP contribution in [0.2, 0.25) is 0 Å². The van der Waals surface area contributed by atoms with Gasteiger partial charge in [0.15, 0.2) is 5.75 Å². The van der Waals surface area contributed by atoms with Crippen molar-refractivity contribution >= 4 is 17.6 Å². The fourth-order valence-electron chi connectivity index (χ4n) is 0.710. The number of aromatic hydroxyl groups is 1.